The first kappa shape index (κ1) is 23.2. The minimum atomic E-state index is -2.03. The number of rotatable bonds is 5. The van der Waals surface area contributed by atoms with Crippen LogP contribution in [0.5, 0.6) is 0 Å². The van der Waals surface area contributed by atoms with Gasteiger partial charge in [0.1, 0.15) is 18.3 Å². The van der Waals surface area contributed by atoms with Gasteiger partial charge >= 0.3 is 5.69 Å². The van der Waals surface area contributed by atoms with Crippen molar-refractivity contribution in [1.29, 1.82) is 0 Å². The highest BCUT2D eigenvalue weighted by atomic mass is 28.4. The molecule has 2 aliphatic rings. The van der Waals surface area contributed by atoms with Crippen molar-refractivity contribution in [2.45, 2.75) is 83.1 Å². The molecule has 0 radical (unpaired) electrons. The molecule has 0 unspecified atom stereocenters. The molecule has 4 rings (SSSR count). The fourth-order valence-electron chi connectivity index (χ4n) is 3.88. The number of nitrogens with one attached hydrogen (secondary N) is 1. The number of aromatic nitrogens is 2. The first-order valence-corrected chi connectivity index (χ1v) is 13.7. The van der Waals surface area contributed by atoms with E-state index in [1.54, 1.807) is 12.1 Å². The van der Waals surface area contributed by atoms with Gasteiger partial charge in [-0.3, -0.25) is 14.3 Å². The Morgan fingerprint density at radius 1 is 1.19 bits per heavy atom. The van der Waals surface area contributed by atoms with Crippen molar-refractivity contribution >= 4 is 8.32 Å². The minimum Gasteiger partial charge on any atom is -0.463 e. The number of fused-ring (bicyclic) bond motifs is 1. The molecule has 32 heavy (non-hydrogen) atoms. The van der Waals surface area contributed by atoms with Gasteiger partial charge in [0.15, 0.2) is 26.1 Å². The molecule has 4 atom stereocenters. The Morgan fingerprint density at radius 2 is 1.88 bits per heavy atom. The van der Waals surface area contributed by atoms with Crippen LogP contribution in [0, 0.1) is 0 Å². The highest BCUT2D eigenvalue weighted by Crippen LogP contribution is 2.44. The van der Waals surface area contributed by atoms with Gasteiger partial charge in [0.2, 0.25) is 0 Å². The van der Waals surface area contributed by atoms with Gasteiger partial charge in [-0.15, -0.1) is 0 Å². The van der Waals surface area contributed by atoms with Crippen LogP contribution in [0.3, 0.4) is 0 Å². The summed E-state index contributed by atoms with van der Waals surface area (Å²) in [4.78, 5) is 27.3. The number of aromatic amines is 1. The molecule has 9 nitrogen and oxygen atoms in total. The van der Waals surface area contributed by atoms with Crippen molar-refractivity contribution in [2.24, 2.45) is 0 Å². The van der Waals surface area contributed by atoms with Gasteiger partial charge in [0.25, 0.3) is 5.56 Å². The van der Waals surface area contributed by atoms with Crippen molar-refractivity contribution in [2.75, 3.05) is 6.61 Å². The molecule has 176 valence electrons. The van der Waals surface area contributed by atoms with E-state index in [4.69, 9.17) is 23.1 Å². The average molecular weight is 465 g/mol. The Morgan fingerprint density at radius 3 is 2.50 bits per heavy atom. The van der Waals surface area contributed by atoms with Crippen LogP contribution in [-0.2, 0) is 18.6 Å². The van der Waals surface area contributed by atoms with Crippen LogP contribution in [0.15, 0.2) is 38.5 Å². The van der Waals surface area contributed by atoms with Gasteiger partial charge in [0.05, 0.1) is 18.6 Å². The predicted molar refractivity (Wildman–Crippen MR) is 120 cm³/mol. The van der Waals surface area contributed by atoms with E-state index >= 15 is 0 Å². The molecule has 2 aliphatic heterocycles. The van der Waals surface area contributed by atoms with Gasteiger partial charge in [0, 0.05) is 6.07 Å². The van der Waals surface area contributed by atoms with Crippen LogP contribution in [0.4, 0.5) is 0 Å². The summed E-state index contributed by atoms with van der Waals surface area (Å²) in [5.74, 6) is -0.462. The van der Waals surface area contributed by atoms with Crippen molar-refractivity contribution in [1.82, 2.24) is 9.55 Å². The number of hydrogen-bond acceptors (Lipinski definition) is 7. The fraction of sp³-hybridized carbons (Fsp3) is 0.636. The topological polar surface area (TPSA) is 105 Å². The first-order chi connectivity index (χ1) is 14.8. The summed E-state index contributed by atoms with van der Waals surface area (Å²) >= 11 is 0. The molecule has 2 saturated heterocycles. The maximum absolute atomic E-state index is 12.9. The Bertz CT molecular complexity index is 1080. The van der Waals surface area contributed by atoms with Gasteiger partial charge < -0.3 is 23.1 Å². The van der Waals surface area contributed by atoms with Gasteiger partial charge in [-0.05, 0) is 44.1 Å². The zero-order valence-electron chi connectivity index (χ0n) is 19.6. The van der Waals surface area contributed by atoms with Crippen LogP contribution in [0.1, 0.15) is 40.8 Å². The Hall–Kier alpha value is -1.98. The summed E-state index contributed by atoms with van der Waals surface area (Å²) in [5.41, 5.74) is -0.812. The van der Waals surface area contributed by atoms with Crippen LogP contribution in [0.2, 0.25) is 18.1 Å². The van der Waals surface area contributed by atoms with E-state index in [1.807, 2.05) is 13.8 Å². The van der Waals surface area contributed by atoms with Gasteiger partial charge in [-0.2, -0.15) is 0 Å². The number of H-pyrrole nitrogens is 1. The van der Waals surface area contributed by atoms with Crippen molar-refractivity contribution in [3.63, 3.8) is 0 Å². The molecule has 0 aromatic carbocycles. The number of nitrogens with zero attached hydrogens (tertiary/aromatic N) is 1. The largest absolute Gasteiger partial charge is 0.463 e. The Kier molecular flexibility index (Phi) is 5.66. The van der Waals surface area contributed by atoms with Gasteiger partial charge in [-0.1, -0.05) is 20.8 Å². The average Bonchev–Trinajstić information content (AvgIpc) is 3.35. The molecular weight excluding hydrogens is 432 g/mol. The third kappa shape index (κ3) is 4.17. The summed E-state index contributed by atoms with van der Waals surface area (Å²) in [7, 11) is -2.03. The summed E-state index contributed by atoms with van der Waals surface area (Å²) in [6.07, 6.45) is -0.764. The first-order valence-electron chi connectivity index (χ1n) is 10.8. The Labute approximate surface area is 187 Å². The van der Waals surface area contributed by atoms with Crippen LogP contribution >= 0.6 is 0 Å². The normalized spacial score (nSPS) is 27.6. The number of hydrogen-bond donors (Lipinski definition) is 1. The monoisotopic (exact) mass is 464 g/mol. The third-order valence-electron chi connectivity index (χ3n) is 6.54. The maximum atomic E-state index is 12.9. The molecule has 0 saturated carbocycles. The van der Waals surface area contributed by atoms with Crippen LogP contribution < -0.4 is 11.2 Å². The lowest BCUT2D eigenvalue weighted by atomic mass is 10.1. The molecule has 2 aromatic heterocycles. The van der Waals surface area contributed by atoms with Crippen molar-refractivity contribution in [3.05, 3.63) is 45.3 Å². The minimum absolute atomic E-state index is 0.0407. The van der Waals surface area contributed by atoms with Gasteiger partial charge in [-0.25, -0.2) is 4.79 Å². The molecule has 2 aromatic rings. The Balaban J connectivity index is 1.70. The zero-order valence-corrected chi connectivity index (χ0v) is 20.6. The van der Waals surface area contributed by atoms with Crippen LogP contribution in [0.25, 0.3) is 11.5 Å². The summed E-state index contributed by atoms with van der Waals surface area (Å²) in [5, 5.41) is 0.0407. The lowest BCUT2D eigenvalue weighted by Gasteiger charge is -2.37. The molecule has 0 aliphatic carbocycles. The summed E-state index contributed by atoms with van der Waals surface area (Å²) < 4.78 is 31.9. The lowest BCUT2D eigenvalue weighted by molar-refractivity contribution is -0.200. The zero-order chi connectivity index (χ0) is 23.5. The standard InChI is InChI=1S/C22H32N2O7Si/c1-21(2,3)32(6,7)28-12-15-17-18(31-22(4,5)30-17)19(29-15)24-13(14-9-8-10-27-14)11-16(25)23-20(24)26/h8-11,15,17-19H,12H2,1-7H3,(H,23,25,26)/t15-,17-,18-,19-/m1/s1. The lowest BCUT2D eigenvalue weighted by Crippen LogP contribution is -2.44. The molecule has 4 heterocycles. The molecule has 0 amide bonds. The number of furan rings is 1. The smallest absolute Gasteiger partial charge is 0.331 e. The van der Waals surface area contributed by atoms with Crippen molar-refractivity contribution in [3.8, 4) is 11.5 Å². The highest BCUT2D eigenvalue weighted by Gasteiger charge is 2.57. The van der Waals surface area contributed by atoms with E-state index in [2.05, 4.69) is 38.8 Å². The molecule has 0 bridgehead atoms. The van der Waals surface area contributed by atoms with E-state index < -0.39 is 49.9 Å². The second kappa shape index (κ2) is 7.81. The van der Waals surface area contributed by atoms with E-state index in [0.29, 0.717) is 18.1 Å². The van der Waals surface area contributed by atoms with E-state index in [0.717, 1.165) is 0 Å². The maximum Gasteiger partial charge on any atom is 0.331 e. The summed E-state index contributed by atoms with van der Waals surface area (Å²) in [6.45, 7) is 14.9. The van der Waals surface area contributed by atoms with E-state index in [9.17, 15) is 9.59 Å². The molecule has 2 fully saturated rings. The molecule has 10 heteroatoms. The summed E-state index contributed by atoms with van der Waals surface area (Å²) in [6, 6.07) is 4.70. The van der Waals surface area contributed by atoms with E-state index in [-0.39, 0.29) is 5.04 Å². The van der Waals surface area contributed by atoms with Crippen LogP contribution in [-0.4, -0.2) is 48.6 Å². The predicted octanol–water partition coefficient (Wildman–Crippen LogP) is 3.24. The SMILES string of the molecule is CC1(C)O[C@@H]2[C@H](O1)[C@@H](CO[Si](C)(C)C(C)(C)C)O[C@H]2n1c(-c2ccco2)cc(=O)[nH]c1=O. The second-order valence-corrected chi connectivity index (χ2v) is 15.2. The number of ether oxygens (including phenoxy) is 3. The van der Waals surface area contributed by atoms with E-state index in [1.165, 1.54) is 16.9 Å². The highest BCUT2D eigenvalue weighted by molar-refractivity contribution is 6.74. The quantitative estimate of drug-likeness (QED) is 0.677. The van der Waals surface area contributed by atoms with Crippen molar-refractivity contribution < 1.29 is 23.1 Å². The third-order valence-corrected chi connectivity index (χ3v) is 11.0. The molecule has 1 N–H and O–H groups in total. The molecular formula is C22H32N2O7Si. The molecule has 0 spiro atoms. The fourth-order valence-corrected chi connectivity index (χ4v) is 4.89. The second-order valence-electron chi connectivity index (χ2n) is 10.4.